The van der Waals surface area contributed by atoms with Crippen LogP contribution in [0.2, 0.25) is 0 Å². The zero-order valence-electron chi connectivity index (χ0n) is 10.6. The van der Waals surface area contributed by atoms with Crippen molar-refractivity contribution in [3.05, 3.63) is 41.2 Å². The number of hydrogen-bond donors (Lipinski definition) is 4. The Bertz CT molecular complexity index is 575. The number of H-pyrrole nitrogens is 1. The first kappa shape index (κ1) is 13.1. The molecule has 1 amide bonds. The molecule has 0 fully saturated rings. The molecule has 0 aliphatic rings. The van der Waals surface area contributed by atoms with E-state index < -0.39 is 0 Å². The fourth-order valence-corrected chi connectivity index (χ4v) is 1.69. The molecule has 0 radical (unpaired) electrons. The lowest BCUT2D eigenvalue weighted by Crippen LogP contribution is -2.14. The summed E-state index contributed by atoms with van der Waals surface area (Å²) in [6, 6.07) is 7.26. The lowest BCUT2D eigenvalue weighted by atomic mass is 10.1. The van der Waals surface area contributed by atoms with Gasteiger partial charge in [-0.05, 0) is 31.0 Å². The maximum atomic E-state index is 11.9. The van der Waals surface area contributed by atoms with Crippen molar-refractivity contribution in [2.45, 2.75) is 13.3 Å². The quantitative estimate of drug-likeness (QED) is 0.660. The van der Waals surface area contributed by atoms with Crippen LogP contribution in [0, 0.1) is 6.92 Å². The van der Waals surface area contributed by atoms with Gasteiger partial charge in [0.05, 0.1) is 11.4 Å². The fourth-order valence-electron chi connectivity index (χ4n) is 1.69. The number of nitrogens with zero attached hydrogens (tertiary/aromatic N) is 1. The molecule has 1 aromatic heterocycles. The third-order valence-electron chi connectivity index (χ3n) is 2.82. The van der Waals surface area contributed by atoms with Crippen LogP contribution < -0.4 is 11.1 Å². The Hall–Kier alpha value is -2.34. The van der Waals surface area contributed by atoms with E-state index in [0.717, 1.165) is 5.56 Å². The van der Waals surface area contributed by atoms with Crippen LogP contribution in [-0.2, 0) is 6.42 Å². The van der Waals surface area contributed by atoms with Gasteiger partial charge in [0.2, 0.25) is 0 Å². The molecule has 5 N–H and O–H groups in total. The average Bonchev–Trinajstić information content (AvgIpc) is 2.73. The predicted molar refractivity (Wildman–Crippen MR) is 72.9 cm³/mol. The standard InChI is InChI=1S/C13H16N4O2/c1-8-11(14)12(17-16-8)13(19)15-10-4-2-9(3-5-10)6-7-18/h2-5,18H,6-7,14H2,1H3,(H,15,19)(H,16,17). The van der Waals surface area contributed by atoms with E-state index in [4.69, 9.17) is 10.8 Å². The Labute approximate surface area is 110 Å². The average molecular weight is 260 g/mol. The molecule has 0 spiro atoms. The third kappa shape index (κ3) is 2.92. The van der Waals surface area contributed by atoms with Crippen LogP contribution in [0.4, 0.5) is 11.4 Å². The van der Waals surface area contributed by atoms with Gasteiger partial charge in [0.1, 0.15) is 0 Å². The molecule has 19 heavy (non-hydrogen) atoms. The summed E-state index contributed by atoms with van der Waals surface area (Å²) in [7, 11) is 0. The maximum Gasteiger partial charge on any atom is 0.278 e. The molecule has 6 nitrogen and oxygen atoms in total. The molecule has 0 aliphatic carbocycles. The third-order valence-corrected chi connectivity index (χ3v) is 2.82. The van der Waals surface area contributed by atoms with Crippen LogP contribution in [0.25, 0.3) is 0 Å². The molecule has 0 saturated carbocycles. The van der Waals surface area contributed by atoms with Gasteiger partial charge >= 0.3 is 0 Å². The van der Waals surface area contributed by atoms with Crippen molar-refractivity contribution < 1.29 is 9.90 Å². The summed E-state index contributed by atoms with van der Waals surface area (Å²) < 4.78 is 0. The molecule has 6 heteroatoms. The number of nitrogens with two attached hydrogens (primary N) is 1. The summed E-state index contributed by atoms with van der Waals surface area (Å²) in [4.78, 5) is 11.9. The van der Waals surface area contributed by atoms with Gasteiger partial charge in [0.15, 0.2) is 5.69 Å². The molecule has 0 aliphatic heterocycles. The van der Waals surface area contributed by atoms with Crippen molar-refractivity contribution in [2.24, 2.45) is 0 Å². The number of carbonyl (C=O) groups excluding carboxylic acids is 1. The van der Waals surface area contributed by atoms with E-state index in [9.17, 15) is 4.79 Å². The summed E-state index contributed by atoms with van der Waals surface area (Å²) in [5.74, 6) is -0.350. The predicted octanol–water partition coefficient (Wildman–Crippen LogP) is 1.09. The first-order valence-electron chi connectivity index (χ1n) is 5.93. The molecule has 0 unspecified atom stereocenters. The highest BCUT2D eigenvalue weighted by molar-refractivity contribution is 6.06. The molecule has 2 rings (SSSR count). The lowest BCUT2D eigenvalue weighted by molar-refractivity contribution is 0.102. The minimum atomic E-state index is -0.350. The monoisotopic (exact) mass is 260 g/mol. The molecule has 0 bridgehead atoms. The number of benzene rings is 1. The molecule has 100 valence electrons. The van der Waals surface area contributed by atoms with E-state index in [2.05, 4.69) is 15.5 Å². The smallest absolute Gasteiger partial charge is 0.278 e. The van der Waals surface area contributed by atoms with Gasteiger partial charge in [-0.3, -0.25) is 9.89 Å². The van der Waals surface area contributed by atoms with Gasteiger partial charge in [-0.2, -0.15) is 5.10 Å². The van der Waals surface area contributed by atoms with Crippen LogP contribution in [0.15, 0.2) is 24.3 Å². The highest BCUT2D eigenvalue weighted by atomic mass is 16.2. The van der Waals surface area contributed by atoms with Gasteiger partial charge in [-0.15, -0.1) is 0 Å². The highest BCUT2D eigenvalue weighted by Crippen LogP contribution is 2.15. The number of aliphatic hydroxyl groups is 1. The van der Waals surface area contributed by atoms with Crippen molar-refractivity contribution >= 4 is 17.3 Å². The molecule has 0 atom stereocenters. The van der Waals surface area contributed by atoms with E-state index >= 15 is 0 Å². The number of rotatable bonds is 4. The maximum absolute atomic E-state index is 11.9. The van der Waals surface area contributed by atoms with Crippen LogP contribution in [0.3, 0.4) is 0 Å². The normalized spacial score (nSPS) is 10.4. The molecular weight excluding hydrogens is 244 g/mol. The van der Waals surface area contributed by atoms with Gasteiger partial charge in [0.25, 0.3) is 5.91 Å². The topological polar surface area (TPSA) is 104 Å². The summed E-state index contributed by atoms with van der Waals surface area (Å²) in [5.41, 5.74) is 8.62. The van der Waals surface area contributed by atoms with Crippen LogP contribution >= 0.6 is 0 Å². The summed E-state index contributed by atoms with van der Waals surface area (Å²) >= 11 is 0. The van der Waals surface area contributed by atoms with Gasteiger partial charge < -0.3 is 16.2 Å². The van der Waals surface area contributed by atoms with E-state index in [1.807, 2.05) is 12.1 Å². The van der Waals surface area contributed by atoms with Crippen molar-refractivity contribution in [3.63, 3.8) is 0 Å². The minimum absolute atomic E-state index is 0.106. The Morgan fingerprint density at radius 3 is 2.63 bits per heavy atom. The Balaban J connectivity index is 2.08. The van der Waals surface area contributed by atoms with Crippen molar-refractivity contribution in [3.8, 4) is 0 Å². The Morgan fingerprint density at radius 2 is 2.11 bits per heavy atom. The zero-order chi connectivity index (χ0) is 13.8. The number of nitrogen functional groups attached to an aromatic ring is 1. The second-order valence-electron chi connectivity index (χ2n) is 4.24. The summed E-state index contributed by atoms with van der Waals surface area (Å²) in [6.45, 7) is 1.86. The van der Waals surface area contributed by atoms with Crippen molar-refractivity contribution in [2.75, 3.05) is 17.7 Å². The number of amides is 1. The number of carbonyl (C=O) groups is 1. The van der Waals surface area contributed by atoms with E-state index in [1.54, 1.807) is 19.1 Å². The molecule has 1 heterocycles. The van der Waals surface area contributed by atoms with Crippen LogP contribution in [0.1, 0.15) is 21.7 Å². The van der Waals surface area contributed by atoms with E-state index in [0.29, 0.717) is 23.5 Å². The number of nitrogens with one attached hydrogen (secondary N) is 2. The van der Waals surface area contributed by atoms with Gasteiger partial charge in [-0.25, -0.2) is 0 Å². The second kappa shape index (κ2) is 5.53. The first-order chi connectivity index (χ1) is 9.11. The number of hydrogen-bond acceptors (Lipinski definition) is 4. The number of aliphatic hydroxyl groups excluding tert-OH is 1. The van der Waals surface area contributed by atoms with Gasteiger partial charge in [-0.1, -0.05) is 12.1 Å². The molecule has 2 aromatic rings. The lowest BCUT2D eigenvalue weighted by Gasteiger charge is -2.05. The SMILES string of the molecule is Cc1[nH]nc(C(=O)Nc2ccc(CCO)cc2)c1N. The summed E-state index contributed by atoms with van der Waals surface area (Å²) in [5, 5.41) is 18.1. The second-order valence-corrected chi connectivity index (χ2v) is 4.24. The number of aromatic amines is 1. The number of aromatic nitrogens is 2. The Morgan fingerprint density at radius 1 is 1.42 bits per heavy atom. The largest absolute Gasteiger partial charge is 0.396 e. The molecule has 0 saturated heterocycles. The molecule has 1 aromatic carbocycles. The number of anilines is 2. The number of aryl methyl sites for hydroxylation is 1. The Kier molecular flexibility index (Phi) is 3.82. The zero-order valence-corrected chi connectivity index (χ0v) is 10.6. The first-order valence-corrected chi connectivity index (χ1v) is 5.93. The summed E-state index contributed by atoms with van der Waals surface area (Å²) in [6.07, 6.45) is 0.597. The van der Waals surface area contributed by atoms with Crippen LogP contribution in [0.5, 0.6) is 0 Å². The minimum Gasteiger partial charge on any atom is -0.396 e. The highest BCUT2D eigenvalue weighted by Gasteiger charge is 2.15. The van der Waals surface area contributed by atoms with E-state index in [1.165, 1.54) is 0 Å². The molecular formula is C13H16N4O2. The van der Waals surface area contributed by atoms with Gasteiger partial charge in [0, 0.05) is 12.3 Å². The fraction of sp³-hybridized carbons (Fsp3) is 0.231. The van der Waals surface area contributed by atoms with Crippen LogP contribution in [-0.4, -0.2) is 27.8 Å². The van der Waals surface area contributed by atoms with Crippen molar-refractivity contribution in [1.82, 2.24) is 10.2 Å². The van der Waals surface area contributed by atoms with E-state index in [-0.39, 0.29) is 18.2 Å². The van der Waals surface area contributed by atoms with Crippen molar-refractivity contribution in [1.29, 1.82) is 0 Å².